The Bertz CT molecular complexity index is 371. The molecule has 0 fully saturated rings. The lowest BCUT2D eigenvalue weighted by atomic mass is 10.1. The Morgan fingerprint density at radius 2 is 2.11 bits per heavy atom. The minimum atomic E-state index is 0.184. The molecule has 0 amide bonds. The average Bonchev–Trinajstić information content (AvgIpc) is 2.37. The molecule has 1 rings (SSSR count). The van der Waals surface area contributed by atoms with Gasteiger partial charge in [-0.1, -0.05) is 13.0 Å². The summed E-state index contributed by atoms with van der Waals surface area (Å²) >= 11 is 1.87. The van der Waals surface area contributed by atoms with Crippen LogP contribution in [0.3, 0.4) is 0 Å². The molecule has 0 aromatic heterocycles. The van der Waals surface area contributed by atoms with Gasteiger partial charge in [-0.05, 0) is 49.1 Å². The molecule has 102 valence electrons. The zero-order chi connectivity index (χ0) is 13.5. The molecule has 1 aromatic carbocycles. The van der Waals surface area contributed by atoms with Crippen LogP contribution in [0.25, 0.3) is 0 Å². The summed E-state index contributed by atoms with van der Waals surface area (Å²) in [5.41, 5.74) is 1.13. The molecule has 1 aromatic rings. The van der Waals surface area contributed by atoms with Crippen molar-refractivity contribution in [1.29, 1.82) is 0 Å². The van der Waals surface area contributed by atoms with Crippen molar-refractivity contribution in [3.8, 4) is 11.5 Å². The van der Waals surface area contributed by atoms with Gasteiger partial charge in [-0.3, -0.25) is 0 Å². The zero-order valence-electron chi connectivity index (χ0n) is 11.6. The standard InChI is InChI=1S/C14H23NO2S/c1-10(9-18-4)8-15-11(2)12-5-6-13(16)14(7-12)17-3/h5-7,10-11,15-16H,8-9H2,1-4H3. The Morgan fingerprint density at radius 1 is 1.39 bits per heavy atom. The highest BCUT2D eigenvalue weighted by molar-refractivity contribution is 7.98. The molecular formula is C14H23NO2S. The number of phenolic OH excluding ortho intramolecular Hbond substituents is 1. The number of ether oxygens (including phenoxy) is 1. The van der Waals surface area contributed by atoms with Crippen molar-refractivity contribution < 1.29 is 9.84 Å². The van der Waals surface area contributed by atoms with Crippen molar-refractivity contribution >= 4 is 11.8 Å². The molecule has 3 nitrogen and oxygen atoms in total. The summed E-state index contributed by atoms with van der Waals surface area (Å²) in [6, 6.07) is 5.74. The maximum absolute atomic E-state index is 9.56. The van der Waals surface area contributed by atoms with Gasteiger partial charge in [0, 0.05) is 6.04 Å². The van der Waals surface area contributed by atoms with Crippen LogP contribution in [-0.2, 0) is 0 Å². The van der Waals surface area contributed by atoms with Crippen LogP contribution in [0.4, 0.5) is 0 Å². The Hall–Kier alpha value is -0.870. The fraction of sp³-hybridized carbons (Fsp3) is 0.571. The molecule has 0 saturated carbocycles. The summed E-state index contributed by atoms with van der Waals surface area (Å²) in [6.45, 7) is 5.36. The second kappa shape index (κ2) is 7.54. The third kappa shape index (κ3) is 4.42. The molecule has 0 heterocycles. The van der Waals surface area contributed by atoms with Gasteiger partial charge in [0.25, 0.3) is 0 Å². The largest absolute Gasteiger partial charge is 0.504 e. The van der Waals surface area contributed by atoms with Gasteiger partial charge in [0.1, 0.15) is 0 Å². The maximum atomic E-state index is 9.56. The first-order valence-electron chi connectivity index (χ1n) is 6.17. The maximum Gasteiger partial charge on any atom is 0.160 e. The lowest BCUT2D eigenvalue weighted by Gasteiger charge is -2.18. The molecule has 4 heteroatoms. The minimum absolute atomic E-state index is 0.184. The van der Waals surface area contributed by atoms with E-state index in [4.69, 9.17) is 4.74 Å². The first kappa shape index (κ1) is 15.2. The summed E-state index contributed by atoms with van der Waals surface area (Å²) in [5.74, 6) is 2.53. The number of nitrogens with one attached hydrogen (secondary N) is 1. The molecule has 2 N–H and O–H groups in total. The second-order valence-electron chi connectivity index (χ2n) is 4.62. The van der Waals surface area contributed by atoms with Crippen molar-refractivity contribution in [2.45, 2.75) is 19.9 Å². The van der Waals surface area contributed by atoms with E-state index in [1.165, 1.54) is 5.75 Å². The van der Waals surface area contributed by atoms with E-state index in [0.717, 1.165) is 12.1 Å². The second-order valence-corrected chi connectivity index (χ2v) is 5.53. The van der Waals surface area contributed by atoms with Crippen molar-refractivity contribution in [1.82, 2.24) is 5.32 Å². The fourth-order valence-electron chi connectivity index (χ4n) is 1.80. The van der Waals surface area contributed by atoms with Crippen LogP contribution in [0.2, 0.25) is 0 Å². The molecule has 2 unspecified atom stereocenters. The van der Waals surface area contributed by atoms with Crippen LogP contribution in [0.5, 0.6) is 11.5 Å². The third-order valence-corrected chi connectivity index (χ3v) is 3.83. The van der Waals surface area contributed by atoms with E-state index in [1.54, 1.807) is 13.2 Å². The first-order valence-corrected chi connectivity index (χ1v) is 7.57. The smallest absolute Gasteiger partial charge is 0.160 e. The normalized spacial score (nSPS) is 14.2. The van der Waals surface area contributed by atoms with Crippen LogP contribution >= 0.6 is 11.8 Å². The number of rotatable bonds is 7. The number of benzene rings is 1. The molecule has 18 heavy (non-hydrogen) atoms. The van der Waals surface area contributed by atoms with Gasteiger partial charge in [-0.25, -0.2) is 0 Å². The number of phenols is 1. The highest BCUT2D eigenvalue weighted by Crippen LogP contribution is 2.28. The van der Waals surface area contributed by atoms with E-state index in [1.807, 2.05) is 23.9 Å². The molecule has 0 aliphatic carbocycles. The monoisotopic (exact) mass is 269 g/mol. The van der Waals surface area contributed by atoms with E-state index in [-0.39, 0.29) is 11.8 Å². The number of aromatic hydroxyl groups is 1. The van der Waals surface area contributed by atoms with Crippen LogP contribution in [-0.4, -0.2) is 30.8 Å². The van der Waals surface area contributed by atoms with Crippen molar-refractivity contribution in [2.75, 3.05) is 25.7 Å². The summed E-state index contributed by atoms with van der Waals surface area (Å²) in [6.07, 6.45) is 2.13. The Balaban J connectivity index is 2.58. The topological polar surface area (TPSA) is 41.5 Å². The van der Waals surface area contributed by atoms with Gasteiger partial charge >= 0.3 is 0 Å². The van der Waals surface area contributed by atoms with E-state index < -0.39 is 0 Å². The Kier molecular flexibility index (Phi) is 6.36. The van der Waals surface area contributed by atoms with E-state index in [9.17, 15) is 5.11 Å². The Morgan fingerprint density at radius 3 is 2.72 bits per heavy atom. The predicted octanol–water partition coefficient (Wildman–Crippen LogP) is 3.05. The SMILES string of the molecule is COc1cc(C(C)NCC(C)CSC)ccc1O. The number of methoxy groups -OCH3 is 1. The third-order valence-electron chi connectivity index (χ3n) is 2.93. The van der Waals surface area contributed by atoms with Gasteiger partial charge in [0.2, 0.25) is 0 Å². The van der Waals surface area contributed by atoms with Gasteiger partial charge in [-0.2, -0.15) is 11.8 Å². The average molecular weight is 269 g/mol. The molecule has 0 bridgehead atoms. The molecule has 0 saturated heterocycles. The Labute approximate surface area is 114 Å². The highest BCUT2D eigenvalue weighted by Gasteiger charge is 2.10. The zero-order valence-corrected chi connectivity index (χ0v) is 12.4. The van der Waals surface area contributed by atoms with E-state index in [0.29, 0.717) is 11.7 Å². The van der Waals surface area contributed by atoms with Crippen LogP contribution in [0.1, 0.15) is 25.5 Å². The van der Waals surface area contributed by atoms with Crippen LogP contribution in [0.15, 0.2) is 18.2 Å². The van der Waals surface area contributed by atoms with E-state index >= 15 is 0 Å². The van der Waals surface area contributed by atoms with Gasteiger partial charge in [-0.15, -0.1) is 0 Å². The molecule has 2 atom stereocenters. The fourth-order valence-corrected chi connectivity index (χ4v) is 2.49. The first-order chi connectivity index (χ1) is 8.58. The summed E-state index contributed by atoms with van der Waals surface area (Å²) in [5, 5.41) is 13.1. The lowest BCUT2D eigenvalue weighted by molar-refractivity contribution is 0.372. The summed E-state index contributed by atoms with van der Waals surface area (Å²) in [7, 11) is 1.57. The number of hydrogen-bond acceptors (Lipinski definition) is 4. The summed E-state index contributed by atoms with van der Waals surface area (Å²) in [4.78, 5) is 0. The quantitative estimate of drug-likeness (QED) is 0.798. The molecular weight excluding hydrogens is 246 g/mol. The van der Waals surface area contributed by atoms with Gasteiger partial charge in [0.15, 0.2) is 11.5 Å². The summed E-state index contributed by atoms with van der Waals surface area (Å²) < 4.78 is 5.12. The van der Waals surface area contributed by atoms with Gasteiger partial charge in [0.05, 0.1) is 7.11 Å². The van der Waals surface area contributed by atoms with E-state index in [2.05, 4.69) is 25.4 Å². The van der Waals surface area contributed by atoms with Crippen LogP contribution in [0, 0.1) is 5.92 Å². The highest BCUT2D eigenvalue weighted by atomic mass is 32.2. The van der Waals surface area contributed by atoms with Crippen LogP contribution < -0.4 is 10.1 Å². The number of hydrogen-bond donors (Lipinski definition) is 2. The minimum Gasteiger partial charge on any atom is -0.504 e. The predicted molar refractivity (Wildman–Crippen MR) is 78.6 cm³/mol. The lowest BCUT2D eigenvalue weighted by Crippen LogP contribution is -2.25. The van der Waals surface area contributed by atoms with Crippen molar-refractivity contribution in [3.63, 3.8) is 0 Å². The number of thioether (sulfide) groups is 1. The van der Waals surface area contributed by atoms with Gasteiger partial charge < -0.3 is 15.2 Å². The molecule has 0 aliphatic rings. The van der Waals surface area contributed by atoms with Crippen molar-refractivity contribution in [3.05, 3.63) is 23.8 Å². The molecule has 0 radical (unpaired) electrons. The molecule has 0 spiro atoms. The van der Waals surface area contributed by atoms with Crippen molar-refractivity contribution in [2.24, 2.45) is 5.92 Å². The molecule has 0 aliphatic heterocycles.